The van der Waals surface area contributed by atoms with Crippen molar-refractivity contribution in [1.82, 2.24) is 0 Å². The van der Waals surface area contributed by atoms with Crippen molar-refractivity contribution in [3.63, 3.8) is 0 Å². The van der Waals surface area contributed by atoms with E-state index in [4.69, 9.17) is 19.3 Å². The Balaban J connectivity index is 4.45. The minimum atomic E-state index is -1.03. The van der Waals surface area contributed by atoms with Crippen LogP contribution in [0.1, 0.15) is 124 Å². The minimum absolute atomic E-state index is 0.0287. The minimum Gasteiger partial charge on any atom is -0.481 e. The predicted octanol–water partition coefficient (Wildman–Crippen LogP) is 6.23. The molecule has 0 aromatic carbocycles. The van der Waals surface area contributed by atoms with Gasteiger partial charge in [-0.15, -0.1) is 0 Å². The Morgan fingerprint density at radius 1 is 0.583 bits per heavy atom. The summed E-state index contributed by atoms with van der Waals surface area (Å²) in [5, 5.41) is 8.90. The molecule has 1 atom stereocenters. The fourth-order valence-corrected chi connectivity index (χ4v) is 3.56. The standard InChI is InChI=1S/C28H50O8/c1-4-6-8-10-12-14-16-25(29)35-21-24(18-19-27(31)34-20-23(3)28(32)33)22-36-26(30)17-15-13-11-9-7-5-2/h23-24H,4-22H2,1-3H3,(H,32,33). The van der Waals surface area contributed by atoms with Crippen LogP contribution in [0, 0.1) is 11.8 Å². The number of rotatable bonds is 24. The number of unbranched alkanes of at least 4 members (excludes halogenated alkanes) is 10. The van der Waals surface area contributed by atoms with E-state index in [1.807, 2.05) is 0 Å². The second-order valence-corrected chi connectivity index (χ2v) is 9.73. The highest BCUT2D eigenvalue weighted by atomic mass is 16.5. The van der Waals surface area contributed by atoms with E-state index >= 15 is 0 Å². The normalized spacial score (nSPS) is 11.8. The molecule has 0 heterocycles. The van der Waals surface area contributed by atoms with Crippen LogP contribution in [0.5, 0.6) is 0 Å². The van der Waals surface area contributed by atoms with E-state index in [1.165, 1.54) is 45.4 Å². The van der Waals surface area contributed by atoms with Crippen LogP contribution < -0.4 is 0 Å². The van der Waals surface area contributed by atoms with Gasteiger partial charge in [-0.3, -0.25) is 19.2 Å². The zero-order chi connectivity index (χ0) is 27.0. The van der Waals surface area contributed by atoms with Gasteiger partial charge in [0, 0.05) is 25.2 Å². The highest BCUT2D eigenvalue weighted by Gasteiger charge is 2.19. The Hall–Kier alpha value is -2.12. The van der Waals surface area contributed by atoms with Crippen LogP contribution in [0.4, 0.5) is 0 Å². The van der Waals surface area contributed by atoms with Gasteiger partial charge >= 0.3 is 23.9 Å². The third-order valence-corrected chi connectivity index (χ3v) is 6.10. The lowest BCUT2D eigenvalue weighted by Crippen LogP contribution is -2.23. The molecule has 1 unspecified atom stereocenters. The third-order valence-electron chi connectivity index (χ3n) is 6.10. The number of carboxylic acid groups (broad SMARTS) is 1. The first kappa shape index (κ1) is 33.9. The van der Waals surface area contributed by atoms with E-state index in [-0.39, 0.29) is 44.1 Å². The first-order valence-electron chi connectivity index (χ1n) is 14.0. The summed E-state index contributed by atoms with van der Waals surface area (Å²) < 4.78 is 15.8. The average molecular weight is 515 g/mol. The molecule has 36 heavy (non-hydrogen) atoms. The number of carbonyl (C=O) groups excluding carboxylic acids is 3. The third kappa shape index (κ3) is 21.2. The lowest BCUT2D eigenvalue weighted by atomic mass is 10.1. The molecule has 0 amide bonds. The highest BCUT2D eigenvalue weighted by molar-refractivity contribution is 5.72. The number of carboxylic acids is 1. The van der Waals surface area contributed by atoms with Crippen molar-refractivity contribution in [2.45, 2.75) is 124 Å². The average Bonchev–Trinajstić information content (AvgIpc) is 2.85. The number of hydrogen-bond acceptors (Lipinski definition) is 7. The van der Waals surface area contributed by atoms with Crippen LogP contribution in [0.15, 0.2) is 0 Å². The van der Waals surface area contributed by atoms with E-state index in [0.717, 1.165) is 38.5 Å². The molecule has 0 aliphatic carbocycles. The fraction of sp³-hybridized carbons (Fsp3) is 0.857. The van der Waals surface area contributed by atoms with Crippen molar-refractivity contribution in [2.75, 3.05) is 19.8 Å². The largest absolute Gasteiger partial charge is 0.481 e. The van der Waals surface area contributed by atoms with Crippen LogP contribution in [0.25, 0.3) is 0 Å². The van der Waals surface area contributed by atoms with Crippen molar-refractivity contribution < 1.29 is 38.5 Å². The van der Waals surface area contributed by atoms with Gasteiger partial charge in [-0.1, -0.05) is 78.1 Å². The van der Waals surface area contributed by atoms with E-state index in [0.29, 0.717) is 19.3 Å². The Bertz CT molecular complexity index is 572. The van der Waals surface area contributed by atoms with Gasteiger partial charge in [-0.05, 0) is 26.2 Å². The molecule has 8 nitrogen and oxygen atoms in total. The van der Waals surface area contributed by atoms with E-state index < -0.39 is 17.9 Å². The number of aliphatic carboxylic acids is 1. The Kier molecular flexibility index (Phi) is 21.9. The molecule has 0 aromatic rings. The summed E-state index contributed by atoms with van der Waals surface area (Å²) in [6.45, 7) is 5.73. The second-order valence-electron chi connectivity index (χ2n) is 9.73. The van der Waals surface area contributed by atoms with Gasteiger partial charge in [-0.25, -0.2) is 0 Å². The zero-order valence-corrected chi connectivity index (χ0v) is 22.9. The van der Waals surface area contributed by atoms with E-state index in [2.05, 4.69) is 13.8 Å². The summed E-state index contributed by atoms with van der Waals surface area (Å²) in [5.74, 6) is -3.23. The Morgan fingerprint density at radius 3 is 1.42 bits per heavy atom. The first-order chi connectivity index (χ1) is 17.3. The second kappa shape index (κ2) is 23.3. The first-order valence-corrected chi connectivity index (χ1v) is 14.0. The molecule has 0 spiro atoms. The number of ether oxygens (including phenoxy) is 3. The van der Waals surface area contributed by atoms with Gasteiger partial charge in [0.25, 0.3) is 0 Å². The zero-order valence-electron chi connectivity index (χ0n) is 22.9. The van der Waals surface area contributed by atoms with Gasteiger partial charge in [0.2, 0.25) is 0 Å². The van der Waals surface area contributed by atoms with Gasteiger partial charge in [0.15, 0.2) is 0 Å². The molecule has 0 bridgehead atoms. The molecule has 0 radical (unpaired) electrons. The summed E-state index contributed by atoms with van der Waals surface area (Å²) in [6.07, 6.45) is 14.0. The summed E-state index contributed by atoms with van der Waals surface area (Å²) in [7, 11) is 0. The van der Waals surface area contributed by atoms with Crippen LogP contribution >= 0.6 is 0 Å². The smallest absolute Gasteiger partial charge is 0.309 e. The maximum atomic E-state index is 12.1. The monoisotopic (exact) mass is 514 g/mol. The van der Waals surface area contributed by atoms with Crippen molar-refractivity contribution in [1.29, 1.82) is 0 Å². The van der Waals surface area contributed by atoms with Crippen LogP contribution in [-0.2, 0) is 33.4 Å². The highest BCUT2D eigenvalue weighted by Crippen LogP contribution is 2.14. The quantitative estimate of drug-likeness (QED) is 0.0914. The van der Waals surface area contributed by atoms with E-state index in [9.17, 15) is 19.2 Å². The SMILES string of the molecule is CCCCCCCCC(=O)OCC(CCC(=O)OCC(C)C(=O)O)COC(=O)CCCCCCCC. The van der Waals surface area contributed by atoms with Crippen molar-refractivity contribution in [3.05, 3.63) is 0 Å². The van der Waals surface area contributed by atoms with Crippen LogP contribution in [0.3, 0.4) is 0 Å². The summed E-state index contributed by atoms with van der Waals surface area (Å²) in [5.41, 5.74) is 0. The molecule has 0 saturated carbocycles. The molecule has 0 fully saturated rings. The lowest BCUT2D eigenvalue weighted by Gasteiger charge is -2.17. The van der Waals surface area contributed by atoms with E-state index in [1.54, 1.807) is 0 Å². The van der Waals surface area contributed by atoms with Crippen LogP contribution in [-0.4, -0.2) is 48.8 Å². The van der Waals surface area contributed by atoms with Crippen molar-refractivity contribution >= 4 is 23.9 Å². The molecule has 0 aromatic heterocycles. The number of hydrogen-bond donors (Lipinski definition) is 1. The Morgan fingerprint density at radius 2 is 0.972 bits per heavy atom. The molecule has 1 N–H and O–H groups in total. The summed E-state index contributed by atoms with van der Waals surface area (Å²) >= 11 is 0. The summed E-state index contributed by atoms with van der Waals surface area (Å²) in [4.78, 5) is 47.1. The Labute approximate surface area is 217 Å². The molecule has 0 aliphatic rings. The van der Waals surface area contributed by atoms with Crippen molar-refractivity contribution in [3.8, 4) is 0 Å². The maximum Gasteiger partial charge on any atom is 0.309 e. The van der Waals surface area contributed by atoms with Gasteiger partial charge in [-0.2, -0.15) is 0 Å². The molecular formula is C28H50O8. The van der Waals surface area contributed by atoms with Gasteiger partial charge in [0.1, 0.15) is 6.61 Å². The predicted molar refractivity (Wildman–Crippen MR) is 138 cm³/mol. The van der Waals surface area contributed by atoms with Gasteiger partial charge in [0.05, 0.1) is 19.1 Å². The lowest BCUT2D eigenvalue weighted by molar-refractivity contribution is -0.150. The summed E-state index contributed by atoms with van der Waals surface area (Å²) in [6, 6.07) is 0. The van der Waals surface area contributed by atoms with Crippen LogP contribution in [0.2, 0.25) is 0 Å². The maximum absolute atomic E-state index is 12.1. The van der Waals surface area contributed by atoms with Crippen molar-refractivity contribution in [2.24, 2.45) is 11.8 Å². The topological polar surface area (TPSA) is 116 Å². The number of esters is 3. The molecule has 0 aliphatic heterocycles. The van der Waals surface area contributed by atoms with Gasteiger partial charge < -0.3 is 19.3 Å². The molecule has 0 rings (SSSR count). The fourth-order valence-electron chi connectivity index (χ4n) is 3.56. The molecule has 210 valence electrons. The number of carbonyl (C=O) groups is 4. The molecular weight excluding hydrogens is 464 g/mol. The molecule has 8 heteroatoms. The molecule has 0 saturated heterocycles.